The summed E-state index contributed by atoms with van der Waals surface area (Å²) >= 11 is 0. The van der Waals surface area contributed by atoms with Crippen LogP contribution in [0.15, 0.2) is 23.3 Å². The summed E-state index contributed by atoms with van der Waals surface area (Å²) in [5.41, 5.74) is 2.99. The van der Waals surface area contributed by atoms with Crippen LogP contribution in [0.25, 0.3) is 0 Å². The molecule has 33 heavy (non-hydrogen) atoms. The Morgan fingerprint density at radius 3 is 2.45 bits per heavy atom. The zero-order chi connectivity index (χ0) is 24.4. The number of rotatable bonds is 5. The van der Waals surface area contributed by atoms with Crippen molar-refractivity contribution in [2.75, 3.05) is 0 Å². The van der Waals surface area contributed by atoms with Crippen LogP contribution >= 0.6 is 0 Å². The molecule has 4 rings (SSSR count). The van der Waals surface area contributed by atoms with E-state index in [0.717, 1.165) is 37.5 Å². The fourth-order valence-corrected chi connectivity index (χ4v) is 9.48. The highest BCUT2D eigenvalue weighted by molar-refractivity contribution is 5.85. The molecule has 0 spiro atoms. The van der Waals surface area contributed by atoms with E-state index in [-0.39, 0.29) is 11.5 Å². The third kappa shape index (κ3) is 3.58. The monoisotopic (exact) mass is 456 g/mol. The van der Waals surface area contributed by atoms with Crippen molar-refractivity contribution in [1.29, 1.82) is 0 Å². The van der Waals surface area contributed by atoms with Crippen LogP contribution in [0.5, 0.6) is 0 Å². The highest BCUT2D eigenvalue weighted by atomic mass is 16.4. The molecular formula is C30H48O3. The second-order valence-electron chi connectivity index (χ2n) is 13.5. The van der Waals surface area contributed by atoms with Gasteiger partial charge in [-0.1, -0.05) is 59.3 Å². The highest BCUT2D eigenvalue weighted by Crippen LogP contribution is 2.74. The fourth-order valence-electron chi connectivity index (χ4n) is 9.48. The maximum Gasteiger partial charge on any atom is 0.330 e. The van der Waals surface area contributed by atoms with E-state index in [2.05, 4.69) is 47.6 Å². The van der Waals surface area contributed by atoms with Gasteiger partial charge in [-0.25, -0.2) is 4.79 Å². The van der Waals surface area contributed by atoms with E-state index >= 15 is 0 Å². The largest absolute Gasteiger partial charge is 0.478 e. The first-order valence-corrected chi connectivity index (χ1v) is 13.6. The van der Waals surface area contributed by atoms with Crippen LogP contribution in [0.3, 0.4) is 0 Å². The summed E-state index contributed by atoms with van der Waals surface area (Å²) in [5, 5.41) is 19.9. The normalized spacial score (nSPS) is 45.5. The van der Waals surface area contributed by atoms with Crippen LogP contribution in [0.1, 0.15) is 106 Å². The molecule has 8 atom stereocenters. The molecule has 0 bridgehead atoms. The Morgan fingerprint density at radius 2 is 1.79 bits per heavy atom. The Bertz CT molecular complexity index is 853. The molecule has 3 heteroatoms. The molecule has 0 saturated heterocycles. The SMILES string of the molecule is CC(=CCC[C@@H](C)[C@H]1CC[C@@]2(C)[C@@H]3CC=C4[C@@H](CC[C@H](O)C4(C)C)[C@]3(C)CC[C@]12C)C(=O)O. The van der Waals surface area contributed by atoms with Gasteiger partial charge in [0, 0.05) is 11.0 Å². The minimum Gasteiger partial charge on any atom is -0.478 e. The van der Waals surface area contributed by atoms with Crippen LogP contribution < -0.4 is 0 Å². The Kier molecular flexibility index (Phi) is 6.25. The van der Waals surface area contributed by atoms with Crippen LogP contribution in [-0.2, 0) is 4.79 Å². The van der Waals surface area contributed by atoms with Crippen LogP contribution in [0.2, 0.25) is 0 Å². The lowest BCUT2D eigenvalue weighted by Gasteiger charge is -2.66. The molecule has 0 heterocycles. The summed E-state index contributed by atoms with van der Waals surface area (Å²) in [5.74, 6) is 1.89. The lowest BCUT2D eigenvalue weighted by molar-refractivity contribution is -0.145. The van der Waals surface area contributed by atoms with Crippen LogP contribution in [0.4, 0.5) is 0 Å². The van der Waals surface area contributed by atoms with Gasteiger partial charge in [0.15, 0.2) is 0 Å². The van der Waals surface area contributed by atoms with Crippen molar-refractivity contribution in [1.82, 2.24) is 0 Å². The van der Waals surface area contributed by atoms with Crippen LogP contribution in [-0.4, -0.2) is 22.3 Å². The van der Waals surface area contributed by atoms with Gasteiger partial charge in [0.2, 0.25) is 0 Å². The molecule has 3 nitrogen and oxygen atoms in total. The number of aliphatic hydroxyl groups excluding tert-OH is 1. The number of fused-ring (bicyclic) bond motifs is 5. The summed E-state index contributed by atoms with van der Waals surface area (Å²) in [6.07, 6.45) is 14.7. The molecule has 0 aromatic heterocycles. The van der Waals surface area contributed by atoms with Crippen LogP contribution in [0, 0.1) is 45.3 Å². The molecule has 186 valence electrons. The predicted octanol–water partition coefficient (Wildman–Crippen LogP) is 7.40. The predicted molar refractivity (Wildman–Crippen MR) is 135 cm³/mol. The average molecular weight is 457 g/mol. The Hall–Kier alpha value is -1.09. The van der Waals surface area contributed by atoms with Gasteiger partial charge in [-0.3, -0.25) is 0 Å². The number of carbonyl (C=O) groups is 1. The number of aliphatic hydroxyl groups is 1. The molecule has 0 radical (unpaired) electrons. The molecule has 4 aliphatic carbocycles. The highest BCUT2D eigenvalue weighted by Gasteiger charge is 2.67. The van der Waals surface area contributed by atoms with Gasteiger partial charge >= 0.3 is 5.97 Å². The van der Waals surface area contributed by atoms with Crippen molar-refractivity contribution in [2.45, 2.75) is 112 Å². The molecule has 2 N–H and O–H groups in total. The van der Waals surface area contributed by atoms with E-state index in [1.54, 1.807) is 12.5 Å². The number of hydrogen-bond acceptors (Lipinski definition) is 2. The number of allylic oxidation sites excluding steroid dienone is 2. The minimum atomic E-state index is -0.794. The minimum absolute atomic E-state index is 0.0904. The van der Waals surface area contributed by atoms with Gasteiger partial charge in [-0.15, -0.1) is 0 Å². The third-order valence-electron chi connectivity index (χ3n) is 12.0. The summed E-state index contributed by atoms with van der Waals surface area (Å²) in [4.78, 5) is 11.1. The van der Waals surface area contributed by atoms with E-state index in [1.165, 1.54) is 32.1 Å². The summed E-state index contributed by atoms with van der Waals surface area (Å²) in [6.45, 7) is 16.5. The fraction of sp³-hybridized carbons (Fsp3) is 0.833. The van der Waals surface area contributed by atoms with Crippen molar-refractivity contribution < 1.29 is 15.0 Å². The molecule has 0 aliphatic heterocycles. The first-order chi connectivity index (χ1) is 15.3. The lowest BCUT2D eigenvalue weighted by atomic mass is 9.39. The number of carboxylic acid groups (broad SMARTS) is 1. The maximum absolute atomic E-state index is 11.1. The topological polar surface area (TPSA) is 57.5 Å². The zero-order valence-electron chi connectivity index (χ0n) is 22.2. The number of aliphatic carboxylic acids is 1. The first-order valence-electron chi connectivity index (χ1n) is 13.6. The first kappa shape index (κ1) is 25.0. The zero-order valence-corrected chi connectivity index (χ0v) is 22.2. The number of carboxylic acids is 1. The average Bonchev–Trinajstić information content (AvgIpc) is 3.02. The second kappa shape index (κ2) is 8.25. The molecule has 0 aromatic rings. The van der Waals surface area contributed by atoms with E-state index in [1.807, 2.05) is 6.08 Å². The van der Waals surface area contributed by atoms with Crippen molar-refractivity contribution in [3.05, 3.63) is 23.3 Å². The van der Waals surface area contributed by atoms with Gasteiger partial charge in [0.1, 0.15) is 0 Å². The van der Waals surface area contributed by atoms with Crippen molar-refractivity contribution in [2.24, 2.45) is 45.3 Å². The smallest absolute Gasteiger partial charge is 0.330 e. The molecule has 0 unspecified atom stereocenters. The standard InChI is InChI=1S/C30H48O3/c1-19(9-8-10-20(2)26(32)33)21-15-16-30(7)24-13-11-22-23(12-14-25(31)27(22,3)4)28(24,5)17-18-29(21,30)6/h10-11,19,21,23-25,31H,8-9,12-18H2,1-7H3,(H,32,33)/t19-,21-,23-,24-,25+,28+,29-,30+/m1/s1. The summed E-state index contributed by atoms with van der Waals surface area (Å²) in [7, 11) is 0. The molecule has 0 amide bonds. The van der Waals surface area contributed by atoms with E-state index < -0.39 is 5.97 Å². The Labute approximate surface area is 202 Å². The van der Waals surface area contributed by atoms with Gasteiger partial charge in [0.05, 0.1) is 6.10 Å². The molecular weight excluding hydrogens is 408 g/mol. The van der Waals surface area contributed by atoms with E-state index in [0.29, 0.717) is 33.7 Å². The van der Waals surface area contributed by atoms with Crippen molar-refractivity contribution >= 4 is 5.97 Å². The summed E-state index contributed by atoms with van der Waals surface area (Å²) < 4.78 is 0. The molecule has 3 saturated carbocycles. The van der Waals surface area contributed by atoms with Crippen molar-refractivity contribution in [3.8, 4) is 0 Å². The summed E-state index contributed by atoms with van der Waals surface area (Å²) in [6, 6.07) is 0. The molecule has 3 fully saturated rings. The van der Waals surface area contributed by atoms with E-state index in [9.17, 15) is 9.90 Å². The molecule has 0 aromatic carbocycles. The molecule has 4 aliphatic rings. The van der Waals surface area contributed by atoms with Gasteiger partial charge in [-0.2, -0.15) is 0 Å². The Morgan fingerprint density at radius 1 is 1.09 bits per heavy atom. The number of hydrogen-bond donors (Lipinski definition) is 2. The lowest BCUT2D eigenvalue weighted by Crippen LogP contribution is -2.59. The second-order valence-corrected chi connectivity index (χ2v) is 13.5. The van der Waals surface area contributed by atoms with Gasteiger partial charge < -0.3 is 10.2 Å². The maximum atomic E-state index is 11.1. The van der Waals surface area contributed by atoms with Crippen molar-refractivity contribution in [3.63, 3.8) is 0 Å². The van der Waals surface area contributed by atoms with Gasteiger partial charge in [-0.05, 0) is 105 Å². The van der Waals surface area contributed by atoms with E-state index in [4.69, 9.17) is 5.11 Å². The Balaban J connectivity index is 1.58. The third-order valence-corrected chi connectivity index (χ3v) is 12.0. The quantitative estimate of drug-likeness (QED) is 0.335. The van der Waals surface area contributed by atoms with Gasteiger partial charge in [0.25, 0.3) is 0 Å².